The second kappa shape index (κ2) is 20.8. The fourth-order valence-electron chi connectivity index (χ4n) is 9.58. The van der Waals surface area contributed by atoms with Gasteiger partial charge in [0.1, 0.15) is 29.2 Å². The van der Waals surface area contributed by atoms with Gasteiger partial charge in [0.05, 0.1) is 42.0 Å². The molecule has 0 bridgehead atoms. The largest absolute Gasteiger partial charge is 0.459 e. The Bertz CT molecular complexity index is 1600. The van der Waals surface area contributed by atoms with E-state index in [4.69, 9.17) is 37.9 Å². The molecule has 0 saturated carbocycles. The van der Waals surface area contributed by atoms with Crippen molar-refractivity contribution >= 4 is 23.5 Å². The fourth-order valence-corrected chi connectivity index (χ4v) is 9.58. The Kier molecular flexibility index (Phi) is 17.4. The minimum atomic E-state index is -2.00. The van der Waals surface area contributed by atoms with Crippen LogP contribution in [0.1, 0.15) is 94.9 Å². The van der Waals surface area contributed by atoms with Gasteiger partial charge < -0.3 is 58.1 Å². The molecule has 16 nitrogen and oxygen atoms in total. The smallest absolute Gasteiger partial charge is 0.412 e. The second-order valence-corrected chi connectivity index (χ2v) is 18.5. The number of aliphatic hydroxyl groups is 3. The van der Waals surface area contributed by atoms with Crippen LogP contribution in [0, 0.1) is 23.7 Å². The van der Waals surface area contributed by atoms with Crippen molar-refractivity contribution in [1.29, 1.82) is 0 Å². The first-order valence-corrected chi connectivity index (χ1v) is 21.7. The molecule has 0 aliphatic carbocycles. The molecule has 3 heterocycles. The van der Waals surface area contributed by atoms with Crippen LogP contribution in [0.25, 0.3) is 0 Å². The zero-order valence-electron chi connectivity index (χ0n) is 38.7. The minimum absolute atomic E-state index is 0.0591. The summed E-state index contributed by atoms with van der Waals surface area (Å²) in [7, 11) is 6.75. The van der Waals surface area contributed by atoms with E-state index in [0.717, 1.165) is 0 Å². The van der Waals surface area contributed by atoms with E-state index in [-0.39, 0.29) is 37.2 Å². The van der Waals surface area contributed by atoms with Crippen molar-refractivity contribution in [3.8, 4) is 0 Å². The van der Waals surface area contributed by atoms with Gasteiger partial charge in [-0.25, -0.2) is 4.79 Å². The number of para-hydroxylation sites is 1. The van der Waals surface area contributed by atoms with Crippen LogP contribution in [-0.2, 0) is 47.5 Å². The summed E-state index contributed by atoms with van der Waals surface area (Å²) in [5, 5.41) is 37.7. The van der Waals surface area contributed by atoms with Gasteiger partial charge in [0.2, 0.25) is 0 Å². The van der Waals surface area contributed by atoms with Gasteiger partial charge >= 0.3 is 12.1 Å². The number of methoxy groups -OCH3 is 2. The minimum Gasteiger partial charge on any atom is -0.459 e. The Morgan fingerprint density at radius 1 is 0.885 bits per heavy atom. The maximum absolute atomic E-state index is 14.4. The van der Waals surface area contributed by atoms with Gasteiger partial charge in [-0.15, -0.1) is 0 Å². The number of benzene rings is 1. The Balaban J connectivity index is 1.80. The predicted octanol–water partition coefficient (Wildman–Crippen LogP) is 4.70. The van der Waals surface area contributed by atoms with Crippen molar-refractivity contribution in [2.24, 2.45) is 23.7 Å². The number of hydrogen-bond acceptors (Lipinski definition) is 15. The molecule has 4 N–H and O–H groups in total. The van der Waals surface area contributed by atoms with E-state index in [0.29, 0.717) is 12.1 Å². The third kappa shape index (κ3) is 11.5. The molecule has 61 heavy (non-hydrogen) atoms. The lowest BCUT2D eigenvalue weighted by atomic mass is 9.74. The molecule has 3 saturated heterocycles. The van der Waals surface area contributed by atoms with Gasteiger partial charge in [0.15, 0.2) is 18.7 Å². The number of amides is 1. The zero-order chi connectivity index (χ0) is 45.8. The molecule has 2 unspecified atom stereocenters. The SMILES string of the molecule is CC[C@H]1OC(=O)[C@H](C)C(OC2C[C@@](C)(OC)[C@@H](OC(=O)Nc3ccccc3)[C@H](C)O2)[C@H](C)[C@@H](O[C@@H]2O[C@H](C)C[C@H](N(C)C)[C@H]2O)[C@](C)(OC)C[C@@H](C)C(=O)[C@H](C)[C@@H](O)[C@]1(C)O. The van der Waals surface area contributed by atoms with E-state index >= 15 is 0 Å². The normalized spacial score (nSPS) is 43.3. The summed E-state index contributed by atoms with van der Waals surface area (Å²) in [6.07, 6.45) is -9.95. The first-order chi connectivity index (χ1) is 28.4. The Morgan fingerprint density at radius 3 is 2.07 bits per heavy atom. The van der Waals surface area contributed by atoms with Crippen LogP contribution in [0.5, 0.6) is 0 Å². The lowest BCUT2D eigenvalue weighted by Crippen LogP contribution is -2.62. The molecule has 1 aromatic rings. The summed E-state index contributed by atoms with van der Waals surface area (Å²) in [6.45, 7) is 17.0. The Morgan fingerprint density at radius 2 is 1.49 bits per heavy atom. The number of rotatable bonds is 10. The van der Waals surface area contributed by atoms with Crippen LogP contribution in [-0.4, -0.2) is 151 Å². The highest BCUT2D eigenvalue weighted by Gasteiger charge is 2.55. The number of aliphatic hydroxyl groups excluding tert-OH is 2. The van der Waals surface area contributed by atoms with Gasteiger partial charge in [-0.05, 0) is 87.0 Å². The van der Waals surface area contributed by atoms with Crippen LogP contribution in [0.4, 0.5) is 10.5 Å². The third-order valence-corrected chi connectivity index (χ3v) is 13.5. The van der Waals surface area contributed by atoms with Crippen LogP contribution in [0.15, 0.2) is 30.3 Å². The topological polar surface area (TPSA) is 201 Å². The number of ketones is 1. The molecule has 18 atom stereocenters. The number of nitrogens with zero attached hydrogens (tertiary/aromatic N) is 1. The summed E-state index contributed by atoms with van der Waals surface area (Å²) in [6, 6.07) is 8.57. The first-order valence-electron chi connectivity index (χ1n) is 21.7. The van der Waals surface area contributed by atoms with Crippen molar-refractivity contribution in [1.82, 2.24) is 4.90 Å². The standard InChI is InChI=1S/C45H74N2O14/c1-15-32-45(10,53)37(50)26(4)34(48)24(2)22-43(8,54-13)38(60-41-35(49)31(47(11)12)21-25(3)56-41)27(5)36(28(6)40(51)58-32)59-33-23-44(9,55-14)39(29(7)57-33)61-42(52)46-30-19-17-16-18-20-30/h16-20,24-29,31-33,35-39,41,49-50,53H,15,21-23H2,1-14H3,(H,46,52)/t24-,25-,26+,27+,28-,29+,31+,32-,33?,35-,36?,37-,38-,39+,41+,43-,44-,45-/m1/s1. The van der Waals surface area contributed by atoms with Crippen molar-refractivity contribution < 1.29 is 67.6 Å². The molecule has 3 aliphatic rings. The van der Waals surface area contributed by atoms with Gasteiger partial charge in [-0.1, -0.05) is 45.9 Å². The summed E-state index contributed by atoms with van der Waals surface area (Å²) >= 11 is 0. The number of anilines is 1. The molecule has 1 amide bonds. The molecule has 0 radical (unpaired) electrons. The number of carbonyl (C=O) groups excluding carboxylic acids is 3. The van der Waals surface area contributed by atoms with Crippen LogP contribution < -0.4 is 5.32 Å². The van der Waals surface area contributed by atoms with Crippen molar-refractivity contribution in [2.75, 3.05) is 33.6 Å². The second-order valence-electron chi connectivity index (χ2n) is 18.5. The lowest BCUT2D eigenvalue weighted by Gasteiger charge is -2.50. The van der Waals surface area contributed by atoms with E-state index in [2.05, 4.69) is 5.32 Å². The number of hydrogen-bond donors (Lipinski definition) is 4. The molecular weight excluding hydrogens is 792 g/mol. The highest BCUT2D eigenvalue weighted by molar-refractivity contribution is 5.85. The Labute approximate surface area is 362 Å². The molecule has 0 aromatic heterocycles. The third-order valence-electron chi connectivity index (χ3n) is 13.5. The Hall–Kier alpha value is -2.77. The highest BCUT2D eigenvalue weighted by Crippen LogP contribution is 2.42. The molecule has 3 aliphatic heterocycles. The van der Waals surface area contributed by atoms with Gasteiger partial charge in [-0.3, -0.25) is 14.9 Å². The molecule has 3 fully saturated rings. The molecule has 1 aromatic carbocycles. The first kappa shape index (κ1) is 50.9. The number of ether oxygens (including phenoxy) is 8. The molecular formula is C45H74N2O14. The van der Waals surface area contributed by atoms with Gasteiger partial charge in [-0.2, -0.15) is 0 Å². The summed E-state index contributed by atoms with van der Waals surface area (Å²) < 4.78 is 50.8. The number of nitrogens with one attached hydrogen (secondary N) is 1. The van der Waals surface area contributed by atoms with Crippen LogP contribution in [0.2, 0.25) is 0 Å². The van der Waals surface area contributed by atoms with E-state index in [9.17, 15) is 29.7 Å². The lowest BCUT2D eigenvalue weighted by molar-refractivity contribution is -0.318. The number of Topliss-reactive ketones (excluding diaryl/α,β-unsaturated/α-hetero) is 1. The maximum Gasteiger partial charge on any atom is 0.412 e. The maximum atomic E-state index is 14.4. The molecule has 16 heteroatoms. The van der Waals surface area contributed by atoms with E-state index in [1.165, 1.54) is 21.1 Å². The monoisotopic (exact) mass is 867 g/mol. The average Bonchev–Trinajstić information content (AvgIpc) is 3.21. The summed E-state index contributed by atoms with van der Waals surface area (Å²) in [4.78, 5) is 43.6. The molecule has 348 valence electrons. The van der Waals surface area contributed by atoms with Gasteiger partial charge in [0, 0.05) is 50.1 Å². The van der Waals surface area contributed by atoms with E-state index < -0.39 is 108 Å². The zero-order valence-corrected chi connectivity index (χ0v) is 38.7. The summed E-state index contributed by atoms with van der Waals surface area (Å²) in [5.41, 5.74) is -3.88. The van der Waals surface area contributed by atoms with Crippen molar-refractivity contribution in [3.05, 3.63) is 30.3 Å². The fraction of sp³-hybridized carbons (Fsp3) is 0.800. The molecule has 4 rings (SSSR count). The van der Waals surface area contributed by atoms with Crippen molar-refractivity contribution in [3.63, 3.8) is 0 Å². The van der Waals surface area contributed by atoms with E-state index in [1.807, 2.05) is 38.9 Å². The van der Waals surface area contributed by atoms with E-state index in [1.54, 1.807) is 72.7 Å². The predicted molar refractivity (Wildman–Crippen MR) is 225 cm³/mol. The quantitative estimate of drug-likeness (QED) is 0.236. The molecule has 0 spiro atoms. The number of cyclic esters (lactones) is 1. The van der Waals surface area contributed by atoms with Crippen LogP contribution >= 0.6 is 0 Å². The number of carbonyl (C=O) groups is 3. The number of esters is 1. The van der Waals surface area contributed by atoms with Crippen LogP contribution in [0.3, 0.4) is 0 Å². The highest BCUT2D eigenvalue weighted by atomic mass is 16.7. The van der Waals surface area contributed by atoms with Crippen molar-refractivity contribution in [2.45, 2.75) is 179 Å². The number of likely N-dealkylation sites (N-methyl/N-ethyl adjacent to an activating group) is 1. The van der Waals surface area contributed by atoms with Gasteiger partial charge in [0.25, 0.3) is 0 Å². The summed E-state index contributed by atoms with van der Waals surface area (Å²) in [5.74, 6) is -4.69. The average molecular weight is 867 g/mol.